The third-order valence-electron chi connectivity index (χ3n) is 3.47. The van der Waals surface area contributed by atoms with Gasteiger partial charge in [0.05, 0.1) is 6.07 Å². The topological polar surface area (TPSA) is 62.1 Å². The quantitative estimate of drug-likeness (QED) is 0.889. The minimum absolute atomic E-state index is 0.267. The number of nitrogens with one attached hydrogen (secondary N) is 1. The van der Waals surface area contributed by atoms with E-state index in [0.29, 0.717) is 13.2 Å². The average Bonchev–Trinajstić information content (AvgIpc) is 2.59. The maximum Gasteiger partial charge on any atom is 0.240 e. The Labute approximate surface area is 136 Å². The van der Waals surface area contributed by atoms with E-state index >= 15 is 0 Å². The molecule has 0 radical (unpaired) electrons. The summed E-state index contributed by atoms with van der Waals surface area (Å²) in [5.41, 5.74) is 1.03. The molecule has 1 N–H and O–H groups in total. The van der Waals surface area contributed by atoms with Gasteiger partial charge in [0.1, 0.15) is 17.8 Å². The second-order valence-electron chi connectivity index (χ2n) is 5.84. The van der Waals surface area contributed by atoms with Gasteiger partial charge in [-0.05, 0) is 37.1 Å². The van der Waals surface area contributed by atoms with Crippen LogP contribution in [0.1, 0.15) is 25.0 Å². The van der Waals surface area contributed by atoms with Crippen LogP contribution in [0.4, 0.5) is 0 Å². The Morgan fingerprint density at radius 3 is 2.30 bits per heavy atom. The lowest BCUT2D eigenvalue weighted by molar-refractivity contribution is -0.126. The van der Waals surface area contributed by atoms with Gasteiger partial charge in [-0.15, -0.1) is 0 Å². The van der Waals surface area contributed by atoms with E-state index in [0.717, 1.165) is 16.9 Å². The number of hydrogen-bond donors (Lipinski definition) is 1. The minimum Gasteiger partial charge on any atom is -0.489 e. The Morgan fingerprint density at radius 2 is 1.70 bits per heavy atom. The minimum atomic E-state index is -1.01. The van der Waals surface area contributed by atoms with Crippen molar-refractivity contribution in [2.75, 3.05) is 0 Å². The molecule has 23 heavy (non-hydrogen) atoms. The van der Waals surface area contributed by atoms with E-state index in [-0.39, 0.29) is 5.91 Å². The first kappa shape index (κ1) is 16.6. The number of ether oxygens (including phenoxy) is 1. The molecule has 0 bridgehead atoms. The lowest BCUT2D eigenvalue weighted by atomic mass is 9.95. The molecule has 2 aromatic carbocycles. The number of amides is 1. The number of nitrogens with zero attached hydrogens (tertiary/aromatic N) is 1. The van der Waals surface area contributed by atoms with Crippen molar-refractivity contribution in [3.05, 3.63) is 65.7 Å². The molecule has 0 aliphatic carbocycles. The molecule has 4 nitrogen and oxygen atoms in total. The van der Waals surface area contributed by atoms with Crippen LogP contribution >= 0.6 is 0 Å². The highest BCUT2D eigenvalue weighted by Crippen LogP contribution is 2.14. The SMILES string of the molecule is CC(C)(C#N)C(=O)NCc1ccc(COc2ccccc2)cc1. The Kier molecular flexibility index (Phi) is 5.37. The summed E-state index contributed by atoms with van der Waals surface area (Å²) < 4.78 is 5.68. The molecule has 2 aromatic rings. The third-order valence-corrected chi connectivity index (χ3v) is 3.47. The predicted octanol–water partition coefficient (Wildman–Crippen LogP) is 3.43. The van der Waals surface area contributed by atoms with Gasteiger partial charge < -0.3 is 10.1 Å². The molecule has 2 rings (SSSR count). The summed E-state index contributed by atoms with van der Waals surface area (Å²) in [5.74, 6) is 0.569. The molecule has 0 spiro atoms. The first-order valence-electron chi connectivity index (χ1n) is 7.46. The molecule has 0 unspecified atom stereocenters. The van der Waals surface area contributed by atoms with Crippen molar-refractivity contribution in [2.24, 2.45) is 5.41 Å². The van der Waals surface area contributed by atoms with Crippen LogP contribution in [0.5, 0.6) is 5.75 Å². The maximum absolute atomic E-state index is 11.8. The van der Waals surface area contributed by atoms with Gasteiger partial charge in [0.15, 0.2) is 0 Å². The van der Waals surface area contributed by atoms with Crippen LogP contribution < -0.4 is 10.1 Å². The zero-order valence-corrected chi connectivity index (χ0v) is 13.4. The third kappa shape index (κ3) is 4.86. The van der Waals surface area contributed by atoms with E-state index in [1.165, 1.54) is 0 Å². The number of benzene rings is 2. The van der Waals surface area contributed by atoms with E-state index in [2.05, 4.69) is 5.32 Å². The van der Waals surface area contributed by atoms with Crippen molar-refractivity contribution >= 4 is 5.91 Å². The smallest absolute Gasteiger partial charge is 0.240 e. The second kappa shape index (κ2) is 7.46. The molecular weight excluding hydrogens is 288 g/mol. The molecule has 0 aliphatic rings. The normalized spacial score (nSPS) is 10.7. The largest absolute Gasteiger partial charge is 0.489 e. The Morgan fingerprint density at radius 1 is 1.09 bits per heavy atom. The van der Waals surface area contributed by atoms with Crippen LogP contribution in [0.2, 0.25) is 0 Å². The molecule has 0 atom stereocenters. The zero-order chi connectivity index (χ0) is 16.7. The molecule has 0 heterocycles. The molecule has 0 fully saturated rings. The highest BCUT2D eigenvalue weighted by molar-refractivity contribution is 5.84. The van der Waals surface area contributed by atoms with Crippen molar-refractivity contribution in [2.45, 2.75) is 27.0 Å². The van der Waals surface area contributed by atoms with E-state index in [4.69, 9.17) is 10.00 Å². The fourth-order valence-electron chi connectivity index (χ4n) is 1.89. The molecule has 1 amide bonds. The fourth-order valence-corrected chi connectivity index (χ4v) is 1.89. The fraction of sp³-hybridized carbons (Fsp3) is 0.263. The lowest BCUT2D eigenvalue weighted by Crippen LogP contribution is -2.35. The summed E-state index contributed by atoms with van der Waals surface area (Å²) in [6.07, 6.45) is 0. The second-order valence-corrected chi connectivity index (χ2v) is 5.84. The standard InChI is InChI=1S/C19H20N2O2/c1-19(2,14-20)18(22)21-12-15-8-10-16(11-9-15)13-23-17-6-4-3-5-7-17/h3-11H,12-13H2,1-2H3,(H,21,22). The van der Waals surface area contributed by atoms with Crippen molar-refractivity contribution < 1.29 is 9.53 Å². The molecule has 0 saturated carbocycles. The van der Waals surface area contributed by atoms with Gasteiger partial charge in [-0.1, -0.05) is 42.5 Å². The number of carbonyl (C=O) groups is 1. The van der Waals surface area contributed by atoms with E-state index in [1.54, 1.807) is 13.8 Å². The predicted molar refractivity (Wildman–Crippen MR) is 88.5 cm³/mol. The summed E-state index contributed by atoms with van der Waals surface area (Å²) in [4.78, 5) is 11.8. The highest BCUT2D eigenvalue weighted by Gasteiger charge is 2.26. The maximum atomic E-state index is 11.8. The van der Waals surface area contributed by atoms with Crippen LogP contribution in [-0.4, -0.2) is 5.91 Å². The number of para-hydroxylation sites is 1. The van der Waals surface area contributed by atoms with Crippen LogP contribution in [0.15, 0.2) is 54.6 Å². The number of rotatable bonds is 6. The van der Waals surface area contributed by atoms with Gasteiger partial charge in [-0.3, -0.25) is 4.79 Å². The van der Waals surface area contributed by atoms with Crippen LogP contribution in [0.25, 0.3) is 0 Å². The Balaban J connectivity index is 1.85. The zero-order valence-electron chi connectivity index (χ0n) is 13.4. The molecule has 4 heteroatoms. The van der Waals surface area contributed by atoms with Gasteiger partial charge in [-0.2, -0.15) is 5.26 Å². The van der Waals surface area contributed by atoms with E-state index in [9.17, 15) is 4.79 Å². The van der Waals surface area contributed by atoms with E-state index < -0.39 is 5.41 Å². The van der Waals surface area contributed by atoms with Crippen LogP contribution in [0.3, 0.4) is 0 Å². The van der Waals surface area contributed by atoms with Crippen molar-refractivity contribution in [3.8, 4) is 11.8 Å². The lowest BCUT2D eigenvalue weighted by Gasteiger charge is -2.15. The van der Waals surface area contributed by atoms with Gasteiger partial charge in [0.25, 0.3) is 0 Å². The number of hydrogen-bond acceptors (Lipinski definition) is 3. The van der Waals surface area contributed by atoms with Crippen molar-refractivity contribution in [1.29, 1.82) is 5.26 Å². The molecule has 0 aromatic heterocycles. The molecule has 118 valence electrons. The van der Waals surface area contributed by atoms with Gasteiger partial charge in [-0.25, -0.2) is 0 Å². The van der Waals surface area contributed by atoms with Gasteiger partial charge in [0, 0.05) is 6.54 Å². The summed E-state index contributed by atoms with van der Waals surface area (Å²) >= 11 is 0. The number of carbonyl (C=O) groups excluding carboxylic acids is 1. The highest BCUT2D eigenvalue weighted by atomic mass is 16.5. The van der Waals surface area contributed by atoms with Crippen molar-refractivity contribution in [1.82, 2.24) is 5.32 Å². The summed E-state index contributed by atoms with van der Waals surface area (Å²) in [6.45, 7) is 4.11. The summed E-state index contributed by atoms with van der Waals surface area (Å²) in [5, 5.41) is 11.7. The Bertz CT molecular complexity index is 686. The van der Waals surface area contributed by atoms with Gasteiger partial charge >= 0.3 is 0 Å². The molecular formula is C19H20N2O2. The van der Waals surface area contributed by atoms with Crippen LogP contribution in [-0.2, 0) is 17.9 Å². The first-order valence-corrected chi connectivity index (χ1v) is 7.46. The molecule has 0 aliphatic heterocycles. The summed E-state index contributed by atoms with van der Waals surface area (Å²) in [6, 6.07) is 19.5. The van der Waals surface area contributed by atoms with Gasteiger partial charge in [0.2, 0.25) is 5.91 Å². The van der Waals surface area contributed by atoms with Crippen molar-refractivity contribution in [3.63, 3.8) is 0 Å². The van der Waals surface area contributed by atoms with Crippen LogP contribution in [0, 0.1) is 16.7 Å². The first-order chi connectivity index (χ1) is 11.0. The number of nitriles is 1. The summed E-state index contributed by atoms with van der Waals surface area (Å²) in [7, 11) is 0. The Hall–Kier alpha value is -2.80. The average molecular weight is 308 g/mol. The van der Waals surface area contributed by atoms with E-state index in [1.807, 2.05) is 60.7 Å². The monoisotopic (exact) mass is 308 g/mol. The molecule has 0 saturated heterocycles.